The molecule has 0 aromatic heterocycles. The fraction of sp³-hybridized carbons (Fsp3) is 0.385. The van der Waals surface area contributed by atoms with Crippen LogP contribution in [0.5, 0.6) is 5.75 Å². The summed E-state index contributed by atoms with van der Waals surface area (Å²) in [5, 5.41) is 9.91. The van der Waals surface area contributed by atoms with Gasteiger partial charge in [-0.05, 0) is 38.1 Å². The number of ketones is 1. The number of carbonyl (C=O) groups is 2. The molecule has 1 rings (SSSR count). The molecule has 0 radical (unpaired) electrons. The van der Waals surface area contributed by atoms with Gasteiger partial charge in [-0.1, -0.05) is 0 Å². The first-order chi connectivity index (χ1) is 8.43. The van der Waals surface area contributed by atoms with E-state index >= 15 is 0 Å². The Balaban J connectivity index is 2.94. The fourth-order valence-electron chi connectivity index (χ4n) is 1.39. The van der Waals surface area contributed by atoms with Gasteiger partial charge in [-0.25, -0.2) is 4.79 Å². The van der Waals surface area contributed by atoms with E-state index in [2.05, 4.69) is 4.74 Å². The van der Waals surface area contributed by atoms with E-state index in [1.54, 1.807) is 19.1 Å². The molecule has 0 aliphatic heterocycles. The standard InChI is InChI=1S/C13H16O5/c1-4-18-12(15)13(2,16)11(14)9-5-7-10(17-3)8-6-9/h5-8,16H,4H2,1-3H3. The maximum atomic E-state index is 12.0. The number of aliphatic hydroxyl groups is 1. The summed E-state index contributed by atoms with van der Waals surface area (Å²) in [4.78, 5) is 23.5. The second-order valence-corrected chi connectivity index (χ2v) is 3.85. The number of ether oxygens (including phenoxy) is 2. The molecule has 18 heavy (non-hydrogen) atoms. The van der Waals surface area contributed by atoms with E-state index in [1.807, 2.05) is 0 Å². The van der Waals surface area contributed by atoms with Crippen LogP contribution in [-0.2, 0) is 9.53 Å². The molecule has 5 nitrogen and oxygen atoms in total. The van der Waals surface area contributed by atoms with Crippen LogP contribution >= 0.6 is 0 Å². The molecule has 5 heteroatoms. The predicted molar refractivity (Wildman–Crippen MR) is 64.6 cm³/mol. The molecule has 0 heterocycles. The molecule has 1 N–H and O–H groups in total. The summed E-state index contributed by atoms with van der Waals surface area (Å²) in [7, 11) is 1.51. The highest BCUT2D eigenvalue weighted by Crippen LogP contribution is 2.18. The topological polar surface area (TPSA) is 72.8 Å². The highest BCUT2D eigenvalue weighted by atomic mass is 16.5. The molecule has 0 bridgehead atoms. The van der Waals surface area contributed by atoms with Gasteiger partial charge in [0.05, 0.1) is 13.7 Å². The largest absolute Gasteiger partial charge is 0.497 e. The number of carbonyl (C=O) groups excluding carboxylic acids is 2. The van der Waals surface area contributed by atoms with Crippen molar-refractivity contribution >= 4 is 11.8 Å². The lowest BCUT2D eigenvalue weighted by molar-refractivity contribution is -0.158. The van der Waals surface area contributed by atoms with Gasteiger partial charge in [0.15, 0.2) is 0 Å². The van der Waals surface area contributed by atoms with Gasteiger partial charge in [-0.3, -0.25) is 4.79 Å². The van der Waals surface area contributed by atoms with Crippen LogP contribution in [0.2, 0.25) is 0 Å². The summed E-state index contributed by atoms with van der Waals surface area (Å²) in [6.07, 6.45) is 0. The van der Waals surface area contributed by atoms with Crippen LogP contribution < -0.4 is 4.74 Å². The van der Waals surface area contributed by atoms with E-state index in [0.29, 0.717) is 5.75 Å². The molecule has 0 spiro atoms. The third-order valence-corrected chi connectivity index (χ3v) is 2.47. The molecule has 0 aliphatic rings. The molecule has 0 fully saturated rings. The number of rotatable bonds is 5. The van der Waals surface area contributed by atoms with Crippen molar-refractivity contribution in [2.75, 3.05) is 13.7 Å². The van der Waals surface area contributed by atoms with E-state index in [0.717, 1.165) is 6.92 Å². The zero-order valence-electron chi connectivity index (χ0n) is 10.6. The lowest BCUT2D eigenvalue weighted by Gasteiger charge is -2.19. The molecule has 1 atom stereocenters. The van der Waals surface area contributed by atoms with Crippen molar-refractivity contribution in [3.05, 3.63) is 29.8 Å². The minimum atomic E-state index is -2.18. The molecule has 0 saturated carbocycles. The Morgan fingerprint density at radius 2 is 1.83 bits per heavy atom. The average Bonchev–Trinajstić information content (AvgIpc) is 2.38. The summed E-state index contributed by atoms with van der Waals surface area (Å²) in [5.41, 5.74) is -1.96. The molecule has 0 saturated heterocycles. The van der Waals surface area contributed by atoms with Crippen molar-refractivity contribution in [3.63, 3.8) is 0 Å². The number of benzene rings is 1. The number of esters is 1. The second kappa shape index (κ2) is 5.64. The van der Waals surface area contributed by atoms with Crippen molar-refractivity contribution in [2.45, 2.75) is 19.4 Å². The van der Waals surface area contributed by atoms with Gasteiger partial charge in [-0.2, -0.15) is 0 Å². The van der Waals surface area contributed by atoms with E-state index in [9.17, 15) is 14.7 Å². The monoisotopic (exact) mass is 252 g/mol. The number of hydrogen-bond donors (Lipinski definition) is 1. The Morgan fingerprint density at radius 1 is 1.28 bits per heavy atom. The summed E-state index contributed by atoms with van der Waals surface area (Å²) in [6, 6.07) is 6.12. The van der Waals surface area contributed by atoms with Crippen molar-refractivity contribution in [1.82, 2.24) is 0 Å². The molecule has 0 aliphatic carbocycles. The first kappa shape index (κ1) is 14.2. The minimum absolute atomic E-state index is 0.102. The van der Waals surface area contributed by atoms with Crippen molar-refractivity contribution < 1.29 is 24.2 Å². The van der Waals surface area contributed by atoms with Crippen LogP contribution in [0.25, 0.3) is 0 Å². The lowest BCUT2D eigenvalue weighted by atomic mass is 9.95. The second-order valence-electron chi connectivity index (χ2n) is 3.85. The van der Waals surface area contributed by atoms with Crippen LogP contribution in [0.15, 0.2) is 24.3 Å². The zero-order valence-corrected chi connectivity index (χ0v) is 10.6. The van der Waals surface area contributed by atoms with Crippen LogP contribution in [0.3, 0.4) is 0 Å². The summed E-state index contributed by atoms with van der Waals surface area (Å²) in [6.45, 7) is 2.83. The van der Waals surface area contributed by atoms with Crippen LogP contribution in [0.1, 0.15) is 24.2 Å². The normalized spacial score (nSPS) is 13.6. The zero-order chi connectivity index (χ0) is 13.8. The van der Waals surface area contributed by atoms with Crippen molar-refractivity contribution in [3.8, 4) is 5.75 Å². The number of methoxy groups -OCH3 is 1. The van der Waals surface area contributed by atoms with Crippen LogP contribution in [-0.4, -0.2) is 36.2 Å². The predicted octanol–water partition coefficient (Wildman–Crippen LogP) is 1.19. The first-order valence-electron chi connectivity index (χ1n) is 5.52. The van der Waals surface area contributed by atoms with Crippen LogP contribution in [0.4, 0.5) is 0 Å². The van der Waals surface area contributed by atoms with E-state index in [-0.39, 0.29) is 12.2 Å². The number of Topliss-reactive ketones (excluding diaryl/α,β-unsaturated/α-hetero) is 1. The van der Waals surface area contributed by atoms with Gasteiger partial charge >= 0.3 is 5.97 Å². The third kappa shape index (κ3) is 2.87. The molecule has 1 aromatic rings. The summed E-state index contributed by atoms with van der Waals surface area (Å²) in [5.74, 6) is -1.07. The van der Waals surface area contributed by atoms with E-state index in [1.165, 1.54) is 19.2 Å². The maximum absolute atomic E-state index is 12.0. The molecular formula is C13H16O5. The van der Waals surface area contributed by atoms with Crippen LogP contribution in [0, 0.1) is 0 Å². The summed E-state index contributed by atoms with van der Waals surface area (Å²) < 4.78 is 9.61. The molecule has 1 unspecified atom stereocenters. The van der Waals surface area contributed by atoms with Gasteiger partial charge < -0.3 is 14.6 Å². The highest BCUT2D eigenvalue weighted by Gasteiger charge is 2.40. The van der Waals surface area contributed by atoms with Crippen molar-refractivity contribution in [2.24, 2.45) is 0 Å². The lowest BCUT2D eigenvalue weighted by Crippen LogP contribution is -2.44. The van der Waals surface area contributed by atoms with Gasteiger partial charge in [0, 0.05) is 5.56 Å². The molecule has 1 aromatic carbocycles. The third-order valence-electron chi connectivity index (χ3n) is 2.47. The summed E-state index contributed by atoms with van der Waals surface area (Å²) >= 11 is 0. The Labute approximate surface area is 105 Å². The van der Waals surface area contributed by atoms with Gasteiger partial charge in [0.2, 0.25) is 11.4 Å². The Morgan fingerprint density at radius 3 is 2.28 bits per heavy atom. The van der Waals surface area contributed by atoms with Gasteiger partial charge in [0.1, 0.15) is 5.75 Å². The molecular weight excluding hydrogens is 236 g/mol. The Hall–Kier alpha value is -1.88. The quantitative estimate of drug-likeness (QED) is 0.484. The number of hydrogen-bond acceptors (Lipinski definition) is 5. The first-order valence-corrected chi connectivity index (χ1v) is 5.52. The van der Waals surface area contributed by atoms with Gasteiger partial charge in [0.25, 0.3) is 0 Å². The minimum Gasteiger partial charge on any atom is -0.497 e. The Kier molecular flexibility index (Phi) is 4.44. The Bertz CT molecular complexity index is 433. The van der Waals surface area contributed by atoms with E-state index < -0.39 is 17.4 Å². The average molecular weight is 252 g/mol. The fourth-order valence-corrected chi connectivity index (χ4v) is 1.39. The SMILES string of the molecule is CCOC(=O)C(C)(O)C(=O)c1ccc(OC)cc1. The molecule has 0 amide bonds. The van der Waals surface area contributed by atoms with Gasteiger partial charge in [-0.15, -0.1) is 0 Å². The smallest absolute Gasteiger partial charge is 0.346 e. The maximum Gasteiger partial charge on any atom is 0.346 e. The van der Waals surface area contributed by atoms with E-state index in [4.69, 9.17) is 4.74 Å². The highest BCUT2D eigenvalue weighted by molar-refractivity contribution is 6.14. The molecule has 98 valence electrons. The van der Waals surface area contributed by atoms with Crippen molar-refractivity contribution in [1.29, 1.82) is 0 Å².